The summed E-state index contributed by atoms with van der Waals surface area (Å²) < 4.78 is 56.6. The van der Waals surface area contributed by atoms with Gasteiger partial charge in [-0.25, -0.2) is 22.8 Å². The number of hydrogen-bond acceptors (Lipinski definition) is 9. The van der Waals surface area contributed by atoms with Gasteiger partial charge >= 0.3 is 0 Å². The second kappa shape index (κ2) is 15.1. The van der Waals surface area contributed by atoms with E-state index in [4.69, 9.17) is 24.5 Å². The number of aliphatic hydroxyl groups is 1. The largest absolute Gasteiger partial charge is 0.468 e. The minimum Gasteiger partial charge on any atom is -0.468 e. The van der Waals surface area contributed by atoms with Crippen LogP contribution in [0.5, 0.6) is 5.75 Å². The Morgan fingerprint density at radius 1 is 1.05 bits per heavy atom. The molecule has 55 heavy (non-hydrogen) atoms. The molecule has 0 radical (unpaired) electrons. The van der Waals surface area contributed by atoms with Crippen LogP contribution in [0, 0.1) is 24.2 Å². The molecule has 1 saturated heterocycles. The quantitative estimate of drug-likeness (QED) is 0.0644. The van der Waals surface area contributed by atoms with Crippen molar-refractivity contribution in [3.05, 3.63) is 47.4 Å². The fourth-order valence-electron chi connectivity index (χ4n) is 8.87. The van der Waals surface area contributed by atoms with Gasteiger partial charge in [-0.1, -0.05) is 60.5 Å². The Morgan fingerprint density at radius 3 is 2.36 bits per heavy atom. The predicted molar refractivity (Wildman–Crippen MR) is 222 cm³/mol. The zero-order chi connectivity index (χ0) is 40.2. The summed E-state index contributed by atoms with van der Waals surface area (Å²) in [5.41, 5.74) is 7.03. The molecule has 6 rings (SSSR count). The van der Waals surface area contributed by atoms with Crippen LogP contribution >= 0.6 is 0 Å². The number of hydrogen-bond donors (Lipinski definition) is 1. The summed E-state index contributed by atoms with van der Waals surface area (Å²) in [4.78, 5) is 11.5. The maximum Gasteiger partial charge on any atom is 0.249 e. The van der Waals surface area contributed by atoms with E-state index >= 15 is 4.39 Å². The number of fused-ring (bicyclic) bond motifs is 4. The molecule has 1 N–H and O–H groups in total. The maximum absolute atomic E-state index is 16.4. The van der Waals surface area contributed by atoms with E-state index in [0.717, 1.165) is 5.39 Å². The average molecular weight is 788 g/mol. The monoisotopic (exact) mass is 787 g/mol. The molecule has 0 aliphatic carbocycles. The molecule has 1 atom stereocenters. The summed E-state index contributed by atoms with van der Waals surface area (Å²) in [6.45, 7) is 19.5. The number of halogens is 1. The topological polar surface area (TPSA) is 120 Å². The van der Waals surface area contributed by atoms with E-state index < -0.39 is 29.3 Å². The number of sulfone groups is 1. The highest BCUT2D eigenvalue weighted by molar-refractivity contribution is 7.91. The zero-order valence-electron chi connectivity index (χ0n) is 34.0. The summed E-state index contributed by atoms with van der Waals surface area (Å²) in [6.07, 6.45) is 3.20. The van der Waals surface area contributed by atoms with E-state index in [2.05, 4.69) is 53.0 Å². The van der Waals surface area contributed by atoms with Gasteiger partial charge in [-0.3, -0.25) is 4.68 Å². The van der Waals surface area contributed by atoms with Crippen LogP contribution in [0.2, 0.25) is 16.6 Å². The third kappa shape index (κ3) is 7.23. The fourth-order valence-corrected chi connectivity index (χ4v) is 14.8. The zero-order valence-corrected chi connectivity index (χ0v) is 35.8. The Hall–Kier alpha value is -4.09. The van der Waals surface area contributed by atoms with Crippen LogP contribution in [0.15, 0.2) is 35.6 Å². The molecular weight excluding hydrogens is 734 g/mol. The Kier molecular flexibility index (Phi) is 11.1. The predicted octanol–water partition coefficient (Wildman–Crippen LogP) is 8.48. The van der Waals surface area contributed by atoms with Crippen LogP contribution in [0.4, 0.5) is 10.2 Å². The Morgan fingerprint density at radius 2 is 1.75 bits per heavy atom. The number of aryl methyl sites for hydroxylation is 2. The molecule has 5 aromatic rings. The summed E-state index contributed by atoms with van der Waals surface area (Å²) >= 11 is 0. The molecule has 2 aromatic heterocycles. The Bertz CT molecular complexity index is 2450. The third-order valence-corrected chi connectivity index (χ3v) is 19.3. The van der Waals surface area contributed by atoms with Gasteiger partial charge in [0.15, 0.2) is 6.79 Å². The standard InChI is InChI=1S/C42H54FN5O5SSi/c1-12-54(50,51)41-44-38-28(8)35(39-33(22-47(10)46-39)37(38)40(45-41)48-18-13-17-42(9,49)23-48)32-21-30(53-24-52-11)20-29-14-15-34(43)31(36(29)32)16-19-55(25(2)3,26(4)5)27(6)7/h14-15,20-22,25-27,49H,12-13,17-18,23-24H2,1-11H3/t42-/m1/s1. The molecule has 3 aromatic carbocycles. The lowest BCUT2D eigenvalue weighted by atomic mass is 9.89. The number of β-amino-alcohol motifs (C(OH)–C–C–N with tert-alkyl or cyclic N) is 1. The van der Waals surface area contributed by atoms with Gasteiger partial charge in [-0.05, 0) is 78.0 Å². The van der Waals surface area contributed by atoms with E-state index in [9.17, 15) is 13.5 Å². The van der Waals surface area contributed by atoms with Gasteiger partial charge in [0, 0.05) is 49.8 Å². The van der Waals surface area contributed by atoms with Gasteiger partial charge in [0.2, 0.25) is 15.0 Å². The van der Waals surface area contributed by atoms with E-state index in [0.29, 0.717) is 97.0 Å². The van der Waals surface area contributed by atoms with Crippen molar-refractivity contribution in [2.45, 2.75) is 103 Å². The molecule has 1 aliphatic heterocycles. The number of nitrogens with zero attached hydrogens (tertiary/aromatic N) is 5. The minimum absolute atomic E-state index is 0.00573. The molecule has 1 fully saturated rings. The molecule has 0 saturated carbocycles. The Labute approximate surface area is 325 Å². The smallest absolute Gasteiger partial charge is 0.249 e. The first-order valence-electron chi connectivity index (χ1n) is 19.2. The maximum atomic E-state index is 16.4. The van der Waals surface area contributed by atoms with Crippen molar-refractivity contribution in [2.24, 2.45) is 7.05 Å². The third-order valence-electron chi connectivity index (χ3n) is 11.5. The van der Waals surface area contributed by atoms with Crippen molar-refractivity contribution in [3.63, 3.8) is 0 Å². The lowest BCUT2D eigenvalue weighted by Gasteiger charge is -2.38. The molecule has 3 heterocycles. The highest BCUT2D eigenvalue weighted by Gasteiger charge is 2.42. The van der Waals surface area contributed by atoms with Crippen molar-refractivity contribution in [1.29, 1.82) is 0 Å². The molecular formula is C42H54FN5O5SSi. The van der Waals surface area contributed by atoms with Crippen LogP contribution in [-0.2, 0) is 21.6 Å². The Balaban J connectivity index is 1.79. The summed E-state index contributed by atoms with van der Waals surface area (Å²) in [6, 6.07) is 6.91. The molecule has 10 nitrogen and oxygen atoms in total. The summed E-state index contributed by atoms with van der Waals surface area (Å²) in [5.74, 6) is 3.75. The lowest BCUT2D eigenvalue weighted by molar-refractivity contribution is 0.0447. The van der Waals surface area contributed by atoms with Crippen molar-refractivity contribution in [3.8, 4) is 28.3 Å². The molecule has 1 aliphatic rings. The molecule has 0 bridgehead atoms. The van der Waals surface area contributed by atoms with Gasteiger partial charge in [-0.2, -0.15) is 5.10 Å². The number of benzene rings is 3. The first-order chi connectivity index (χ1) is 25.9. The average Bonchev–Trinajstić information content (AvgIpc) is 3.51. The van der Waals surface area contributed by atoms with Crippen LogP contribution in [-0.4, -0.2) is 79.7 Å². The highest BCUT2D eigenvalue weighted by Crippen LogP contribution is 2.46. The van der Waals surface area contributed by atoms with E-state index in [1.54, 1.807) is 31.7 Å². The van der Waals surface area contributed by atoms with Crippen LogP contribution in [0.1, 0.15) is 79.4 Å². The van der Waals surface area contributed by atoms with Gasteiger partial charge < -0.3 is 19.5 Å². The highest BCUT2D eigenvalue weighted by atomic mass is 32.2. The van der Waals surface area contributed by atoms with Crippen LogP contribution in [0.3, 0.4) is 0 Å². The van der Waals surface area contributed by atoms with Crippen LogP contribution in [0.25, 0.3) is 43.7 Å². The molecule has 294 valence electrons. The lowest BCUT2D eigenvalue weighted by Crippen LogP contribution is -2.46. The van der Waals surface area contributed by atoms with Crippen molar-refractivity contribution >= 4 is 56.3 Å². The minimum atomic E-state index is -3.86. The summed E-state index contributed by atoms with van der Waals surface area (Å²) in [5, 5.41) is 18.5. The second-order valence-electron chi connectivity index (χ2n) is 16.2. The van der Waals surface area contributed by atoms with Crippen molar-refractivity contribution in [1.82, 2.24) is 19.7 Å². The fraction of sp³-hybridized carbons (Fsp3) is 0.500. The normalized spacial score (nSPS) is 16.9. The summed E-state index contributed by atoms with van der Waals surface area (Å²) in [7, 11) is -2.76. The van der Waals surface area contributed by atoms with E-state index in [1.165, 1.54) is 6.07 Å². The molecule has 13 heteroatoms. The van der Waals surface area contributed by atoms with Gasteiger partial charge in [-0.15, -0.1) is 5.54 Å². The van der Waals surface area contributed by atoms with Crippen molar-refractivity contribution in [2.75, 3.05) is 37.6 Å². The van der Waals surface area contributed by atoms with E-state index in [-0.39, 0.29) is 24.2 Å². The molecule has 0 amide bonds. The number of rotatable bonds is 10. The van der Waals surface area contributed by atoms with E-state index in [1.807, 2.05) is 37.2 Å². The number of anilines is 1. The van der Waals surface area contributed by atoms with Gasteiger partial charge in [0.05, 0.1) is 27.8 Å². The molecule has 0 unspecified atom stereocenters. The second-order valence-corrected chi connectivity index (χ2v) is 24.0. The first-order valence-corrected chi connectivity index (χ1v) is 23.0. The van der Waals surface area contributed by atoms with Gasteiger partial charge in [0.25, 0.3) is 0 Å². The number of piperidine rings is 1. The number of aromatic nitrogens is 4. The van der Waals surface area contributed by atoms with Crippen LogP contribution < -0.4 is 9.64 Å². The number of methoxy groups -OCH3 is 1. The SMILES string of the molecule is CCS(=O)(=O)c1nc(N2CCC[C@@](C)(O)C2)c2c(n1)c(C)c(-c1cc(OCOC)cc3ccc(F)c(C#C[Si](C(C)C)(C(C)C)C(C)C)c13)c1nn(C)cc12. The first kappa shape index (κ1) is 40.6. The molecule has 0 spiro atoms. The number of ether oxygens (including phenoxy) is 2. The van der Waals surface area contributed by atoms with Gasteiger partial charge in [0.1, 0.15) is 31.0 Å². The van der Waals surface area contributed by atoms with Crippen molar-refractivity contribution < 1.29 is 27.4 Å².